The molecule has 0 fully saturated rings. The highest BCUT2D eigenvalue weighted by Gasteiger charge is 2.12. The quantitative estimate of drug-likeness (QED) is 0.316. The first-order chi connectivity index (χ1) is 11.8. The summed E-state index contributed by atoms with van der Waals surface area (Å²) in [4.78, 5) is 11.8. The molecule has 24 heavy (non-hydrogen) atoms. The Bertz CT molecular complexity index is 421. The molecule has 0 spiro atoms. The van der Waals surface area contributed by atoms with Crippen LogP contribution in [0.3, 0.4) is 0 Å². The van der Waals surface area contributed by atoms with Crippen LogP contribution in [-0.4, -0.2) is 4.37 Å². The zero-order valence-corrected chi connectivity index (χ0v) is 16.9. The van der Waals surface area contributed by atoms with Crippen LogP contribution in [0, 0.1) is 5.92 Å². The molecule has 0 atom stereocenters. The van der Waals surface area contributed by atoms with Crippen molar-refractivity contribution in [3.05, 3.63) is 21.3 Å². The minimum atomic E-state index is 0.149. The van der Waals surface area contributed by atoms with Crippen LogP contribution in [0.15, 0.2) is 10.2 Å². The van der Waals surface area contributed by atoms with Crippen LogP contribution in [-0.2, 0) is 6.42 Å². The van der Waals surface area contributed by atoms with Gasteiger partial charge in [0.2, 0.25) is 0 Å². The smallest absolute Gasteiger partial charge is 0.261 e. The van der Waals surface area contributed by atoms with Gasteiger partial charge < -0.3 is 0 Å². The van der Waals surface area contributed by atoms with E-state index in [0.29, 0.717) is 5.92 Å². The summed E-state index contributed by atoms with van der Waals surface area (Å²) in [6, 6.07) is 0. The highest BCUT2D eigenvalue weighted by atomic mass is 32.1. The average molecular weight is 354 g/mol. The lowest BCUT2D eigenvalue weighted by molar-refractivity contribution is 0.400. The number of rotatable bonds is 16. The molecular weight excluding hydrogens is 314 g/mol. The molecule has 140 valence electrons. The molecule has 0 aromatic carbocycles. The maximum absolute atomic E-state index is 11.8. The number of hydrogen-bond acceptors (Lipinski definition) is 2. The summed E-state index contributed by atoms with van der Waals surface area (Å²) in [7, 11) is 0. The maximum atomic E-state index is 11.8. The third kappa shape index (κ3) is 10.3. The van der Waals surface area contributed by atoms with Crippen molar-refractivity contribution < 1.29 is 0 Å². The third-order valence-corrected chi connectivity index (χ3v) is 5.79. The summed E-state index contributed by atoms with van der Waals surface area (Å²) >= 11 is 1.45. The summed E-state index contributed by atoms with van der Waals surface area (Å²) in [6.45, 7) is 4.55. The van der Waals surface area contributed by atoms with Crippen molar-refractivity contribution in [3.8, 4) is 0 Å². The Kier molecular flexibility index (Phi) is 13.2. The molecule has 0 unspecified atom stereocenters. The van der Waals surface area contributed by atoms with Crippen LogP contribution < -0.4 is 5.56 Å². The molecule has 0 saturated heterocycles. The molecule has 3 heteroatoms. The van der Waals surface area contributed by atoms with Gasteiger partial charge in [-0.1, -0.05) is 115 Å². The summed E-state index contributed by atoms with van der Waals surface area (Å²) in [5.74, 6) is 0.707. The van der Waals surface area contributed by atoms with Crippen molar-refractivity contribution in [1.29, 1.82) is 0 Å². The summed E-state index contributed by atoms with van der Waals surface area (Å²) in [6.07, 6.45) is 20.0. The van der Waals surface area contributed by atoms with Crippen LogP contribution in [0.1, 0.15) is 109 Å². The van der Waals surface area contributed by atoms with E-state index in [1.54, 1.807) is 0 Å². The second-order valence-electron chi connectivity index (χ2n) is 7.38. The Balaban J connectivity index is 2.27. The first-order valence-corrected chi connectivity index (χ1v) is 11.3. The molecule has 0 aliphatic rings. The topological polar surface area (TPSA) is 32.9 Å². The average Bonchev–Trinajstić information content (AvgIpc) is 2.98. The molecule has 0 saturated carbocycles. The second kappa shape index (κ2) is 14.7. The van der Waals surface area contributed by atoms with E-state index in [9.17, 15) is 4.79 Å². The number of aromatic nitrogens is 1. The first kappa shape index (κ1) is 21.5. The van der Waals surface area contributed by atoms with Crippen LogP contribution in [0.2, 0.25) is 0 Å². The van der Waals surface area contributed by atoms with Gasteiger partial charge in [-0.2, -0.15) is 0 Å². The summed E-state index contributed by atoms with van der Waals surface area (Å²) in [5, 5.41) is 2.03. The zero-order valence-electron chi connectivity index (χ0n) is 16.1. The molecule has 1 N–H and O–H groups in total. The van der Waals surface area contributed by atoms with Crippen molar-refractivity contribution in [2.45, 2.75) is 110 Å². The summed E-state index contributed by atoms with van der Waals surface area (Å²) in [5.41, 5.74) is 1.16. The Morgan fingerprint density at radius 2 is 1.33 bits per heavy atom. The van der Waals surface area contributed by atoms with Crippen molar-refractivity contribution in [2.75, 3.05) is 0 Å². The van der Waals surface area contributed by atoms with Gasteiger partial charge in [-0.3, -0.25) is 9.17 Å². The Hall–Kier alpha value is -0.570. The van der Waals surface area contributed by atoms with Crippen molar-refractivity contribution in [3.63, 3.8) is 0 Å². The minimum absolute atomic E-state index is 0.149. The molecule has 0 aliphatic heterocycles. The molecule has 0 aliphatic carbocycles. The van der Waals surface area contributed by atoms with Crippen LogP contribution >= 0.6 is 11.5 Å². The number of nitrogens with one attached hydrogen (secondary N) is 1. The van der Waals surface area contributed by atoms with Gasteiger partial charge in [0.15, 0.2) is 0 Å². The lowest BCUT2D eigenvalue weighted by Gasteiger charge is -2.16. The monoisotopic (exact) mass is 353 g/mol. The SMILES string of the molecule is CCCCCCCCC(CCCCCCCC)Cc1cs[nH]c1=O. The summed E-state index contributed by atoms with van der Waals surface area (Å²) < 4.78 is 2.84. The normalized spacial score (nSPS) is 11.5. The van der Waals surface area contributed by atoms with Gasteiger partial charge in [0, 0.05) is 10.9 Å². The number of unbranched alkanes of at least 4 members (excludes halogenated alkanes) is 10. The maximum Gasteiger partial charge on any atom is 0.261 e. The molecule has 1 heterocycles. The fourth-order valence-corrected chi connectivity index (χ4v) is 4.14. The minimum Gasteiger partial charge on any atom is -0.278 e. The molecule has 1 aromatic heterocycles. The van der Waals surface area contributed by atoms with Crippen molar-refractivity contribution >= 4 is 11.5 Å². The zero-order chi connectivity index (χ0) is 17.5. The van der Waals surface area contributed by atoms with Gasteiger partial charge >= 0.3 is 0 Å². The van der Waals surface area contributed by atoms with Crippen molar-refractivity contribution in [2.24, 2.45) is 5.92 Å². The van der Waals surface area contributed by atoms with Gasteiger partial charge in [0.05, 0.1) is 0 Å². The van der Waals surface area contributed by atoms with Crippen LogP contribution in [0.25, 0.3) is 0 Å². The molecule has 1 aromatic rings. The van der Waals surface area contributed by atoms with Crippen molar-refractivity contribution in [1.82, 2.24) is 4.37 Å². The highest BCUT2D eigenvalue weighted by molar-refractivity contribution is 7.03. The second-order valence-corrected chi connectivity index (χ2v) is 8.05. The number of hydrogen-bond donors (Lipinski definition) is 1. The molecule has 2 nitrogen and oxygen atoms in total. The Labute approximate surface area is 153 Å². The van der Waals surface area contributed by atoms with E-state index >= 15 is 0 Å². The molecular formula is C21H39NOS. The van der Waals surface area contributed by atoms with Crippen LogP contribution in [0.5, 0.6) is 0 Å². The largest absolute Gasteiger partial charge is 0.278 e. The lowest BCUT2D eigenvalue weighted by Crippen LogP contribution is -2.12. The predicted molar refractivity (Wildman–Crippen MR) is 108 cm³/mol. The van der Waals surface area contributed by atoms with E-state index in [1.807, 2.05) is 5.38 Å². The number of aromatic amines is 1. The highest BCUT2D eigenvalue weighted by Crippen LogP contribution is 2.22. The molecule has 1 rings (SSSR count). The molecule has 0 bridgehead atoms. The van der Waals surface area contributed by atoms with Gasteiger partial charge in [-0.05, 0) is 12.3 Å². The van der Waals surface area contributed by atoms with E-state index in [1.165, 1.54) is 101 Å². The lowest BCUT2D eigenvalue weighted by atomic mass is 9.89. The van der Waals surface area contributed by atoms with E-state index in [4.69, 9.17) is 0 Å². The van der Waals surface area contributed by atoms with Gasteiger partial charge in [0.1, 0.15) is 0 Å². The number of H-pyrrole nitrogens is 1. The van der Waals surface area contributed by atoms with Gasteiger partial charge in [-0.15, -0.1) is 0 Å². The third-order valence-electron chi connectivity index (χ3n) is 5.08. The molecule has 0 radical (unpaired) electrons. The fraction of sp³-hybridized carbons (Fsp3) is 0.857. The van der Waals surface area contributed by atoms with E-state index in [2.05, 4.69) is 18.2 Å². The first-order valence-electron chi connectivity index (χ1n) is 10.4. The molecule has 0 amide bonds. The van der Waals surface area contributed by atoms with E-state index in [0.717, 1.165) is 12.0 Å². The Morgan fingerprint density at radius 1 is 0.833 bits per heavy atom. The van der Waals surface area contributed by atoms with E-state index < -0.39 is 0 Å². The predicted octanol–water partition coefficient (Wildman–Crippen LogP) is 7.10. The van der Waals surface area contributed by atoms with Gasteiger partial charge in [0.25, 0.3) is 5.56 Å². The standard InChI is InChI=1S/C21H39NOS/c1-3-5-7-9-11-13-15-19(16-14-12-10-8-6-4-2)17-20-18-24-22-21(20)23/h18-19H,3-17H2,1-2H3,(H,22,23). The van der Waals surface area contributed by atoms with E-state index in [-0.39, 0.29) is 5.56 Å². The van der Waals surface area contributed by atoms with Gasteiger partial charge in [-0.25, -0.2) is 0 Å². The van der Waals surface area contributed by atoms with Crippen LogP contribution in [0.4, 0.5) is 0 Å². The fourth-order valence-electron chi connectivity index (χ4n) is 3.50. The Morgan fingerprint density at radius 3 is 1.79 bits per heavy atom.